The Morgan fingerprint density at radius 2 is 2.00 bits per heavy atom. The molecule has 0 fully saturated rings. The van der Waals surface area contributed by atoms with Gasteiger partial charge < -0.3 is 11.1 Å². The minimum atomic E-state index is -4.01. The summed E-state index contributed by atoms with van der Waals surface area (Å²) in [5.74, 6) is -1.62. The molecule has 0 unspecified atom stereocenters. The van der Waals surface area contributed by atoms with E-state index in [-0.39, 0.29) is 16.4 Å². The Kier molecular flexibility index (Phi) is 6.12. The number of nitrogens with zero attached hydrogens (tertiary/aromatic N) is 3. The van der Waals surface area contributed by atoms with E-state index in [1.54, 1.807) is 0 Å². The molecule has 0 radical (unpaired) electrons. The van der Waals surface area contributed by atoms with E-state index >= 15 is 0 Å². The van der Waals surface area contributed by atoms with Crippen molar-refractivity contribution in [3.8, 4) is 6.07 Å². The molecular formula is C18H17F2N7O2S. The van der Waals surface area contributed by atoms with Gasteiger partial charge in [-0.25, -0.2) is 22.2 Å². The second kappa shape index (κ2) is 8.75. The molecule has 3 rings (SSSR count). The third-order valence-electron chi connectivity index (χ3n) is 4.11. The van der Waals surface area contributed by atoms with Crippen molar-refractivity contribution >= 4 is 27.3 Å². The van der Waals surface area contributed by atoms with Crippen LogP contribution in [0.2, 0.25) is 0 Å². The first-order valence-corrected chi connectivity index (χ1v) is 10.2. The summed E-state index contributed by atoms with van der Waals surface area (Å²) in [6, 6.07) is 7.50. The summed E-state index contributed by atoms with van der Waals surface area (Å²) >= 11 is 0. The van der Waals surface area contributed by atoms with Crippen LogP contribution in [0.4, 0.5) is 26.1 Å². The van der Waals surface area contributed by atoms with Crippen molar-refractivity contribution in [1.82, 2.24) is 15.2 Å². The highest BCUT2D eigenvalue weighted by molar-refractivity contribution is 7.92. The van der Waals surface area contributed by atoms with Crippen LogP contribution in [-0.4, -0.2) is 30.1 Å². The predicted molar refractivity (Wildman–Crippen MR) is 106 cm³/mol. The largest absolute Gasteiger partial charge is 0.381 e. The van der Waals surface area contributed by atoms with Crippen LogP contribution in [-0.2, 0) is 16.4 Å². The van der Waals surface area contributed by atoms with Crippen molar-refractivity contribution in [2.75, 3.05) is 22.3 Å². The maximum atomic E-state index is 13.3. The van der Waals surface area contributed by atoms with E-state index < -0.39 is 21.7 Å². The number of aryl methyl sites for hydroxylation is 1. The molecule has 0 bridgehead atoms. The highest BCUT2D eigenvalue weighted by atomic mass is 32.2. The molecule has 9 nitrogen and oxygen atoms in total. The van der Waals surface area contributed by atoms with E-state index in [0.29, 0.717) is 36.5 Å². The first-order valence-electron chi connectivity index (χ1n) is 8.71. The van der Waals surface area contributed by atoms with E-state index in [1.165, 1.54) is 12.1 Å². The Morgan fingerprint density at radius 3 is 2.67 bits per heavy atom. The summed E-state index contributed by atoms with van der Waals surface area (Å²) in [7, 11) is -4.01. The molecule has 0 saturated heterocycles. The maximum absolute atomic E-state index is 13.3. The van der Waals surface area contributed by atoms with E-state index in [9.17, 15) is 17.2 Å². The number of nitrogen functional groups attached to an aromatic ring is 1. The fourth-order valence-corrected chi connectivity index (χ4v) is 3.59. The number of benzene rings is 1. The number of sulfonamides is 1. The Balaban J connectivity index is 1.56. The molecule has 30 heavy (non-hydrogen) atoms. The molecule has 0 aliphatic heterocycles. The van der Waals surface area contributed by atoms with Crippen molar-refractivity contribution in [3.63, 3.8) is 0 Å². The Morgan fingerprint density at radius 1 is 1.20 bits per heavy atom. The molecule has 2 aromatic heterocycles. The second-order valence-corrected chi connectivity index (χ2v) is 7.90. The number of nitriles is 1. The van der Waals surface area contributed by atoms with Crippen LogP contribution in [0.15, 0.2) is 41.4 Å². The number of hydrogen-bond acceptors (Lipinski definition) is 7. The second-order valence-electron chi connectivity index (χ2n) is 6.22. The minimum absolute atomic E-state index is 0.104. The number of nitrogens with two attached hydrogens (primary N) is 1. The highest BCUT2D eigenvalue weighted by Crippen LogP contribution is 2.19. The third-order valence-corrected chi connectivity index (χ3v) is 5.48. The van der Waals surface area contributed by atoms with Gasteiger partial charge >= 0.3 is 0 Å². The number of aromatic nitrogens is 3. The molecule has 0 amide bonds. The van der Waals surface area contributed by atoms with Crippen LogP contribution in [0.25, 0.3) is 0 Å². The van der Waals surface area contributed by atoms with Gasteiger partial charge in [0.2, 0.25) is 0 Å². The third kappa shape index (κ3) is 4.81. The number of pyridine rings is 1. The van der Waals surface area contributed by atoms with Gasteiger partial charge in [-0.05, 0) is 37.1 Å². The average molecular weight is 433 g/mol. The zero-order chi connectivity index (χ0) is 21.7. The summed E-state index contributed by atoms with van der Waals surface area (Å²) in [4.78, 5) is 3.91. The molecule has 1 aromatic carbocycles. The molecular weight excluding hydrogens is 416 g/mol. The van der Waals surface area contributed by atoms with Gasteiger partial charge in [-0.1, -0.05) is 0 Å². The van der Waals surface area contributed by atoms with Crippen molar-refractivity contribution in [1.29, 1.82) is 5.26 Å². The molecule has 156 valence electrons. The highest BCUT2D eigenvalue weighted by Gasteiger charge is 2.16. The van der Waals surface area contributed by atoms with Crippen LogP contribution in [0, 0.1) is 23.0 Å². The number of halogens is 2. The summed E-state index contributed by atoms with van der Waals surface area (Å²) in [6.45, 7) is 0.510. The number of aromatic amines is 1. The van der Waals surface area contributed by atoms with Crippen LogP contribution in [0.3, 0.4) is 0 Å². The molecule has 12 heteroatoms. The summed E-state index contributed by atoms with van der Waals surface area (Å²) in [6.07, 6.45) is 2.34. The number of anilines is 3. The van der Waals surface area contributed by atoms with Gasteiger partial charge in [-0.2, -0.15) is 10.4 Å². The quantitative estimate of drug-likeness (QED) is 0.398. The molecule has 0 spiro atoms. The van der Waals surface area contributed by atoms with Gasteiger partial charge in [-0.15, -0.1) is 0 Å². The van der Waals surface area contributed by atoms with Gasteiger partial charge in [0.05, 0.1) is 11.4 Å². The lowest BCUT2D eigenvalue weighted by Gasteiger charge is -2.09. The molecule has 2 heterocycles. The minimum Gasteiger partial charge on any atom is -0.381 e. The molecule has 0 atom stereocenters. The number of hydrogen-bond donors (Lipinski definition) is 4. The van der Waals surface area contributed by atoms with Gasteiger partial charge in [0, 0.05) is 18.8 Å². The Bertz CT molecular complexity index is 1190. The lowest BCUT2D eigenvalue weighted by Crippen LogP contribution is -2.14. The normalized spacial score (nSPS) is 11.1. The van der Waals surface area contributed by atoms with Gasteiger partial charge in [0.25, 0.3) is 10.0 Å². The SMILES string of the molecule is N#Cc1c(N)n[nH]c1CCCNc1ccc(S(=O)(=O)Nc2ccc(F)c(F)c2)cn1. The smallest absolute Gasteiger partial charge is 0.263 e. The predicted octanol–water partition coefficient (Wildman–Crippen LogP) is 2.38. The summed E-state index contributed by atoms with van der Waals surface area (Å²) in [5.41, 5.74) is 6.45. The first kappa shape index (κ1) is 21.0. The van der Waals surface area contributed by atoms with E-state index in [4.69, 9.17) is 11.0 Å². The average Bonchev–Trinajstić information content (AvgIpc) is 3.07. The van der Waals surface area contributed by atoms with Gasteiger partial charge in [0.15, 0.2) is 17.5 Å². The summed E-state index contributed by atoms with van der Waals surface area (Å²) in [5, 5.41) is 18.6. The van der Waals surface area contributed by atoms with Gasteiger partial charge in [-0.3, -0.25) is 9.82 Å². The fraction of sp³-hybridized carbons (Fsp3) is 0.167. The molecule has 0 saturated carbocycles. The van der Waals surface area contributed by atoms with Crippen LogP contribution in [0.5, 0.6) is 0 Å². The lowest BCUT2D eigenvalue weighted by atomic mass is 10.1. The molecule has 3 aromatic rings. The molecule has 5 N–H and O–H groups in total. The Labute approximate surface area is 171 Å². The van der Waals surface area contributed by atoms with Crippen LogP contribution >= 0.6 is 0 Å². The van der Waals surface area contributed by atoms with E-state index in [1.807, 2.05) is 6.07 Å². The van der Waals surface area contributed by atoms with Crippen molar-refractivity contribution < 1.29 is 17.2 Å². The monoisotopic (exact) mass is 433 g/mol. The molecule has 0 aliphatic carbocycles. The Hall–Kier alpha value is -3.72. The topological polar surface area (TPSA) is 150 Å². The molecule has 0 aliphatic rings. The fourth-order valence-electron chi connectivity index (χ4n) is 2.60. The standard InChI is InChI=1S/C18H17F2N7O2S/c19-14-5-3-11(8-15(14)20)27-30(28,29)12-4-6-17(24-10-12)23-7-1-2-16-13(9-21)18(22)26-25-16/h3-6,8,10,27H,1-2,7H2,(H,23,24)(H3,22,25,26). The first-order chi connectivity index (χ1) is 14.3. The van der Waals surface area contributed by atoms with Gasteiger partial charge in [0.1, 0.15) is 22.3 Å². The van der Waals surface area contributed by atoms with Crippen molar-refractivity contribution in [3.05, 3.63) is 59.4 Å². The zero-order valence-electron chi connectivity index (χ0n) is 15.5. The maximum Gasteiger partial charge on any atom is 0.263 e. The summed E-state index contributed by atoms with van der Waals surface area (Å²) < 4.78 is 53.1. The lowest BCUT2D eigenvalue weighted by molar-refractivity contribution is 0.509. The van der Waals surface area contributed by atoms with E-state index in [0.717, 1.165) is 24.4 Å². The van der Waals surface area contributed by atoms with Crippen LogP contribution in [0.1, 0.15) is 17.7 Å². The number of nitrogens with one attached hydrogen (secondary N) is 3. The zero-order valence-corrected chi connectivity index (χ0v) is 16.3. The van der Waals surface area contributed by atoms with Crippen molar-refractivity contribution in [2.45, 2.75) is 17.7 Å². The van der Waals surface area contributed by atoms with E-state index in [2.05, 4.69) is 25.2 Å². The number of H-pyrrole nitrogens is 1. The van der Waals surface area contributed by atoms with Crippen molar-refractivity contribution in [2.24, 2.45) is 0 Å². The number of rotatable bonds is 8. The van der Waals surface area contributed by atoms with Crippen LogP contribution < -0.4 is 15.8 Å².